The van der Waals surface area contributed by atoms with Crippen LogP contribution in [0.4, 0.5) is 10.3 Å². The van der Waals surface area contributed by atoms with Crippen LogP contribution >= 0.6 is 22.7 Å². The van der Waals surface area contributed by atoms with Gasteiger partial charge in [0.2, 0.25) is 0 Å². The van der Waals surface area contributed by atoms with E-state index >= 15 is 0 Å². The Hall–Kier alpha value is -2.38. The highest BCUT2D eigenvalue weighted by molar-refractivity contribution is 7.22. The Morgan fingerprint density at radius 3 is 2.21 bits per heavy atom. The van der Waals surface area contributed by atoms with Gasteiger partial charge in [0.05, 0.1) is 27.5 Å². The molecule has 0 N–H and O–H groups in total. The lowest BCUT2D eigenvalue weighted by Gasteiger charge is -2.34. The van der Waals surface area contributed by atoms with Crippen molar-refractivity contribution in [3.8, 4) is 5.75 Å². The van der Waals surface area contributed by atoms with Gasteiger partial charge in [0.15, 0.2) is 10.3 Å². The van der Waals surface area contributed by atoms with Crippen molar-refractivity contribution < 1.29 is 4.74 Å². The zero-order valence-electron chi connectivity index (χ0n) is 16.2. The van der Waals surface area contributed by atoms with Crippen LogP contribution in [0.5, 0.6) is 5.75 Å². The fourth-order valence-corrected chi connectivity index (χ4v) is 5.67. The van der Waals surface area contributed by atoms with E-state index in [9.17, 15) is 0 Å². The third-order valence-electron chi connectivity index (χ3n) is 5.48. The van der Waals surface area contributed by atoms with Crippen molar-refractivity contribution in [1.82, 2.24) is 9.97 Å². The molecule has 2 aromatic carbocycles. The second-order valence-corrected chi connectivity index (χ2v) is 9.17. The Bertz CT molecular complexity index is 1160. The highest BCUT2D eigenvalue weighted by Crippen LogP contribution is 2.34. The number of nitrogens with zero attached hydrogens (tertiary/aromatic N) is 4. The van der Waals surface area contributed by atoms with E-state index in [2.05, 4.69) is 41.8 Å². The third-order valence-corrected chi connectivity index (χ3v) is 7.66. The molecular formula is C21H22N4OS2. The highest BCUT2D eigenvalue weighted by atomic mass is 32.1. The molecule has 28 heavy (non-hydrogen) atoms. The summed E-state index contributed by atoms with van der Waals surface area (Å²) in [6.07, 6.45) is 0. The van der Waals surface area contributed by atoms with E-state index in [1.54, 1.807) is 29.8 Å². The minimum atomic E-state index is 0.857. The molecule has 3 heterocycles. The monoisotopic (exact) mass is 410 g/mol. The Morgan fingerprint density at radius 1 is 0.857 bits per heavy atom. The van der Waals surface area contributed by atoms with Gasteiger partial charge in [0.1, 0.15) is 5.75 Å². The predicted octanol–water partition coefficient (Wildman–Crippen LogP) is 4.86. The smallest absolute Gasteiger partial charge is 0.186 e. The molecule has 0 bridgehead atoms. The quantitative estimate of drug-likeness (QED) is 0.483. The largest absolute Gasteiger partial charge is 0.497 e. The zero-order valence-corrected chi connectivity index (χ0v) is 17.9. The van der Waals surface area contributed by atoms with E-state index in [0.717, 1.165) is 53.2 Å². The van der Waals surface area contributed by atoms with Crippen LogP contribution in [0.15, 0.2) is 30.3 Å². The fraction of sp³-hybridized carbons (Fsp3) is 0.333. The second kappa shape index (κ2) is 6.90. The van der Waals surface area contributed by atoms with Crippen LogP contribution in [0, 0.1) is 13.8 Å². The van der Waals surface area contributed by atoms with Crippen LogP contribution in [0.25, 0.3) is 20.4 Å². The lowest BCUT2D eigenvalue weighted by Crippen LogP contribution is -2.46. The average Bonchev–Trinajstić information content (AvgIpc) is 3.35. The van der Waals surface area contributed by atoms with Crippen molar-refractivity contribution in [2.45, 2.75) is 13.8 Å². The second-order valence-electron chi connectivity index (χ2n) is 7.15. The molecule has 0 spiro atoms. The summed E-state index contributed by atoms with van der Waals surface area (Å²) in [5.41, 5.74) is 4.77. The fourth-order valence-electron chi connectivity index (χ4n) is 3.60. The minimum Gasteiger partial charge on any atom is -0.497 e. The maximum absolute atomic E-state index is 5.32. The van der Waals surface area contributed by atoms with Gasteiger partial charge in [-0.05, 0) is 43.2 Å². The molecule has 2 aromatic heterocycles. The van der Waals surface area contributed by atoms with E-state index in [0.29, 0.717) is 0 Å². The van der Waals surface area contributed by atoms with E-state index < -0.39 is 0 Å². The van der Waals surface area contributed by atoms with E-state index in [-0.39, 0.29) is 0 Å². The van der Waals surface area contributed by atoms with Crippen LogP contribution in [0.2, 0.25) is 0 Å². The van der Waals surface area contributed by atoms with Crippen molar-refractivity contribution >= 4 is 53.4 Å². The van der Waals surface area contributed by atoms with Gasteiger partial charge in [-0.3, -0.25) is 0 Å². The van der Waals surface area contributed by atoms with Crippen LogP contribution in [-0.2, 0) is 0 Å². The molecule has 0 atom stereocenters. The number of methoxy groups -OCH3 is 1. The summed E-state index contributed by atoms with van der Waals surface area (Å²) in [7, 11) is 1.69. The summed E-state index contributed by atoms with van der Waals surface area (Å²) >= 11 is 3.56. The average molecular weight is 411 g/mol. The van der Waals surface area contributed by atoms with Crippen molar-refractivity contribution in [3.05, 3.63) is 41.5 Å². The number of aryl methyl sites for hydroxylation is 2. The van der Waals surface area contributed by atoms with E-state index in [1.165, 1.54) is 20.5 Å². The van der Waals surface area contributed by atoms with E-state index in [4.69, 9.17) is 14.7 Å². The Labute approximate surface area is 172 Å². The van der Waals surface area contributed by atoms with Gasteiger partial charge in [-0.25, -0.2) is 9.97 Å². The molecular weight excluding hydrogens is 388 g/mol. The molecule has 0 aliphatic carbocycles. The Balaban J connectivity index is 1.34. The maximum Gasteiger partial charge on any atom is 0.186 e. The van der Waals surface area contributed by atoms with Crippen LogP contribution < -0.4 is 14.5 Å². The number of fused-ring (bicyclic) bond motifs is 2. The van der Waals surface area contributed by atoms with Gasteiger partial charge in [-0.15, -0.1) is 0 Å². The first-order valence-electron chi connectivity index (χ1n) is 9.43. The van der Waals surface area contributed by atoms with Gasteiger partial charge >= 0.3 is 0 Å². The SMILES string of the molecule is COc1ccc2sc(N3CCN(c4nc5c(C)c(C)ccc5s4)CC3)nc2c1. The van der Waals surface area contributed by atoms with Crippen LogP contribution in [0.3, 0.4) is 0 Å². The van der Waals surface area contributed by atoms with E-state index in [1.807, 2.05) is 12.1 Å². The molecule has 0 unspecified atom stereocenters. The summed E-state index contributed by atoms with van der Waals surface area (Å²) in [6.45, 7) is 8.19. The van der Waals surface area contributed by atoms with Crippen molar-refractivity contribution in [2.24, 2.45) is 0 Å². The normalized spacial score (nSPS) is 15.0. The lowest BCUT2D eigenvalue weighted by molar-refractivity contribution is 0.415. The van der Waals surface area contributed by atoms with Crippen molar-refractivity contribution in [2.75, 3.05) is 43.1 Å². The number of hydrogen-bond donors (Lipinski definition) is 0. The Morgan fingerprint density at radius 2 is 1.50 bits per heavy atom. The van der Waals surface area contributed by atoms with Gasteiger partial charge in [-0.1, -0.05) is 28.7 Å². The molecule has 1 aliphatic heterocycles. The third kappa shape index (κ3) is 2.99. The number of piperazine rings is 1. The lowest BCUT2D eigenvalue weighted by atomic mass is 10.1. The number of anilines is 2. The molecule has 0 amide bonds. The molecule has 7 heteroatoms. The maximum atomic E-state index is 5.32. The van der Waals surface area contributed by atoms with Crippen molar-refractivity contribution in [1.29, 1.82) is 0 Å². The number of ether oxygens (including phenoxy) is 1. The number of aromatic nitrogens is 2. The molecule has 1 fully saturated rings. The topological polar surface area (TPSA) is 41.5 Å². The molecule has 5 nitrogen and oxygen atoms in total. The number of hydrogen-bond acceptors (Lipinski definition) is 7. The molecule has 1 aliphatic rings. The van der Waals surface area contributed by atoms with Gasteiger partial charge in [0.25, 0.3) is 0 Å². The first-order valence-corrected chi connectivity index (χ1v) is 11.1. The molecule has 144 valence electrons. The molecule has 5 rings (SSSR count). The highest BCUT2D eigenvalue weighted by Gasteiger charge is 2.22. The minimum absolute atomic E-state index is 0.857. The molecule has 0 saturated carbocycles. The van der Waals surface area contributed by atoms with Crippen molar-refractivity contribution in [3.63, 3.8) is 0 Å². The van der Waals surface area contributed by atoms with Gasteiger partial charge in [-0.2, -0.15) is 0 Å². The molecule has 4 aromatic rings. The summed E-state index contributed by atoms with van der Waals surface area (Å²) in [6, 6.07) is 10.5. The number of rotatable bonds is 3. The summed E-state index contributed by atoms with van der Waals surface area (Å²) in [5.74, 6) is 0.857. The summed E-state index contributed by atoms with van der Waals surface area (Å²) < 4.78 is 7.80. The molecule has 1 saturated heterocycles. The standard InChI is InChI=1S/C21H22N4OS2/c1-13-4-6-18-19(14(13)2)23-21(28-18)25-10-8-24(9-11-25)20-22-16-12-15(26-3)5-7-17(16)27-20/h4-7,12H,8-11H2,1-3H3. The first kappa shape index (κ1) is 17.7. The summed E-state index contributed by atoms with van der Waals surface area (Å²) in [4.78, 5) is 14.6. The van der Waals surface area contributed by atoms with Crippen LogP contribution in [0.1, 0.15) is 11.1 Å². The summed E-state index contributed by atoms with van der Waals surface area (Å²) in [5, 5.41) is 2.23. The number of benzene rings is 2. The molecule has 0 radical (unpaired) electrons. The van der Waals surface area contributed by atoms with Crippen LogP contribution in [-0.4, -0.2) is 43.3 Å². The number of thiazole rings is 2. The van der Waals surface area contributed by atoms with Gasteiger partial charge < -0.3 is 14.5 Å². The Kier molecular flexibility index (Phi) is 4.36. The first-order chi connectivity index (χ1) is 13.6. The predicted molar refractivity (Wildman–Crippen MR) is 120 cm³/mol. The van der Waals surface area contributed by atoms with Gasteiger partial charge in [0, 0.05) is 32.2 Å². The zero-order chi connectivity index (χ0) is 19.3.